The molecule has 1 atom stereocenters. The van der Waals surface area contributed by atoms with E-state index in [0.29, 0.717) is 19.3 Å². The number of esters is 3. The van der Waals surface area contributed by atoms with E-state index in [0.717, 1.165) is 103 Å². The molecule has 82 heavy (non-hydrogen) atoms. The van der Waals surface area contributed by atoms with Gasteiger partial charge in [0.1, 0.15) is 13.2 Å². The standard InChI is InChI=1S/C76H134O6/c1-4-7-10-13-16-19-22-25-28-31-33-35-37-38-40-41-43-45-48-51-54-57-60-63-66-69-75(78)81-72-73(71-80-74(77)68-65-62-59-56-53-50-47-30-27-24-21-18-15-12-9-6-3)82-76(79)70-67-64-61-58-55-52-49-46-44-42-39-36-34-32-29-26-23-20-17-14-11-8-5-2/h8,11,17,20,26,29-31,33-34,36,42,44,47,73H,4-7,9-10,12-16,18-19,21-25,27-28,32,35,37-41,43,45-46,48-72H2,1-3H3/b11-8-,20-17-,29-26-,33-31-,36-34-,44-42-,47-30-. The van der Waals surface area contributed by atoms with Crippen molar-refractivity contribution in [3.8, 4) is 0 Å². The van der Waals surface area contributed by atoms with Crippen LogP contribution in [0.25, 0.3) is 0 Å². The molecule has 0 aliphatic rings. The highest BCUT2D eigenvalue weighted by Crippen LogP contribution is 2.17. The Morgan fingerprint density at radius 1 is 0.256 bits per heavy atom. The summed E-state index contributed by atoms with van der Waals surface area (Å²) in [4.78, 5) is 38.5. The molecule has 0 aromatic rings. The normalized spacial score (nSPS) is 12.6. The first-order valence-corrected chi connectivity index (χ1v) is 35.6. The van der Waals surface area contributed by atoms with Crippen molar-refractivity contribution in [3.63, 3.8) is 0 Å². The van der Waals surface area contributed by atoms with Gasteiger partial charge in [-0.25, -0.2) is 0 Å². The van der Waals surface area contributed by atoms with Gasteiger partial charge >= 0.3 is 17.9 Å². The van der Waals surface area contributed by atoms with Crippen molar-refractivity contribution in [1.82, 2.24) is 0 Å². The predicted octanol–water partition coefficient (Wildman–Crippen LogP) is 24.6. The maximum atomic E-state index is 13.0. The van der Waals surface area contributed by atoms with E-state index in [-0.39, 0.29) is 31.1 Å². The van der Waals surface area contributed by atoms with Crippen LogP contribution in [-0.2, 0) is 28.6 Å². The molecule has 0 fully saturated rings. The lowest BCUT2D eigenvalue weighted by atomic mass is 10.0. The maximum absolute atomic E-state index is 13.0. The Labute approximate surface area is 509 Å². The fourth-order valence-corrected chi connectivity index (χ4v) is 10.3. The van der Waals surface area contributed by atoms with Crippen LogP contribution in [0, 0.1) is 0 Å². The SMILES string of the molecule is CC/C=C\C/C=C\C/C=C\C/C=C\C/C=C\CCCCCCCCCC(=O)OC(COC(=O)CCCCCCC/C=C\CCCCCCCCC)COC(=O)CCCCCCCCCCCCCCC/C=C\CCCCCCCCCC. The first-order valence-electron chi connectivity index (χ1n) is 35.6. The third-order valence-electron chi connectivity index (χ3n) is 15.6. The van der Waals surface area contributed by atoms with Crippen LogP contribution in [0.1, 0.15) is 361 Å². The van der Waals surface area contributed by atoms with Crippen LogP contribution < -0.4 is 0 Å². The quantitative estimate of drug-likeness (QED) is 0.0261. The minimum absolute atomic E-state index is 0.0816. The lowest BCUT2D eigenvalue weighted by molar-refractivity contribution is -0.167. The summed E-state index contributed by atoms with van der Waals surface area (Å²) in [5, 5.41) is 0. The summed E-state index contributed by atoms with van der Waals surface area (Å²) in [5.41, 5.74) is 0. The van der Waals surface area contributed by atoms with Gasteiger partial charge in [-0.1, -0.05) is 311 Å². The van der Waals surface area contributed by atoms with E-state index in [2.05, 4.69) is 106 Å². The lowest BCUT2D eigenvalue weighted by Crippen LogP contribution is -2.30. The fourth-order valence-electron chi connectivity index (χ4n) is 10.3. The van der Waals surface area contributed by atoms with Gasteiger partial charge in [0, 0.05) is 19.3 Å². The van der Waals surface area contributed by atoms with Gasteiger partial charge in [-0.2, -0.15) is 0 Å². The van der Waals surface area contributed by atoms with E-state index in [1.54, 1.807) is 0 Å². The van der Waals surface area contributed by atoms with Crippen molar-refractivity contribution in [3.05, 3.63) is 85.1 Å². The van der Waals surface area contributed by atoms with E-state index in [1.807, 2.05) is 0 Å². The van der Waals surface area contributed by atoms with Crippen LogP contribution in [0.15, 0.2) is 85.1 Å². The summed E-state index contributed by atoms with van der Waals surface area (Å²) in [7, 11) is 0. The van der Waals surface area contributed by atoms with Gasteiger partial charge in [-0.3, -0.25) is 14.4 Å². The van der Waals surface area contributed by atoms with Gasteiger partial charge in [0.15, 0.2) is 6.10 Å². The molecule has 0 saturated heterocycles. The number of unbranched alkanes of at least 4 members (excludes halogenated alkanes) is 40. The summed E-state index contributed by atoms with van der Waals surface area (Å²) >= 11 is 0. The number of allylic oxidation sites excluding steroid dienone is 14. The Hall–Kier alpha value is -3.41. The van der Waals surface area contributed by atoms with Crippen molar-refractivity contribution in [2.75, 3.05) is 13.2 Å². The number of hydrogen-bond acceptors (Lipinski definition) is 6. The highest BCUT2D eigenvalue weighted by atomic mass is 16.6. The Morgan fingerprint density at radius 2 is 0.476 bits per heavy atom. The molecule has 474 valence electrons. The van der Waals surface area contributed by atoms with Crippen molar-refractivity contribution < 1.29 is 28.6 Å². The summed E-state index contributed by atoms with van der Waals surface area (Å²) in [6.45, 7) is 6.56. The zero-order chi connectivity index (χ0) is 59.2. The molecule has 0 saturated carbocycles. The molecule has 1 unspecified atom stereocenters. The number of carbonyl (C=O) groups is 3. The smallest absolute Gasteiger partial charge is 0.306 e. The Balaban J connectivity index is 4.35. The van der Waals surface area contributed by atoms with Crippen molar-refractivity contribution in [1.29, 1.82) is 0 Å². The molecule has 0 aromatic carbocycles. The average Bonchev–Trinajstić information content (AvgIpc) is 3.47. The van der Waals surface area contributed by atoms with Crippen molar-refractivity contribution in [2.45, 2.75) is 367 Å². The molecule has 6 heteroatoms. The van der Waals surface area contributed by atoms with E-state index in [4.69, 9.17) is 14.2 Å². The molecule has 0 spiro atoms. The molecule has 0 amide bonds. The number of ether oxygens (including phenoxy) is 3. The average molecular weight is 1140 g/mol. The maximum Gasteiger partial charge on any atom is 0.306 e. The molecule has 0 heterocycles. The van der Waals surface area contributed by atoms with E-state index in [9.17, 15) is 14.4 Å². The zero-order valence-electron chi connectivity index (χ0n) is 54.5. The minimum atomic E-state index is -0.788. The van der Waals surface area contributed by atoms with E-state index in [1.165, 1.54) is 218 Å². The molecule has 0 N–H and O–H groups in total. The zero-order valence-corrected chi connectivity index (χ0v) is 54.5. The minimum Gasteiger partial charge on any atom is -0.462 e. The second kappa shape index (κ2) is 70.1. The van der Waals surface area contributed by atoms with Crippen LogP contribution in [0.3, 0.4) is 0 Å². The third kappa shape index (κ3) is 67.4. The van der Waals surface area contributed by atoms with Crippen LogP contribution in [0.4, 0.5) is 0 Å². The summed E-state index contributed by atoms with van der Waals surface area (Å²) < 4.78 is 17.0. The molecular weight excluding hydrogens is 1010 g/mol. The number of carbonyl (C=O) groups excluding carboxylic acids is 3. The molecule has 6 nitrogen and oxygen atoms in total. The lowest BCUT2D eigenvalue weighted by Gasteiger charge is -2.18. The molecular formula is C76H134O6. The van der Waals surface area contributed by atoms with Gasteiger partial charge < -0.3 is 14.2 Å². The van der Waals surface area contributed by atoms with Gasteiger partial charge in [0.05, 0.1) is 0 Å². The molecule has 0 rings (SSSR count). The Kier molecular flexibility index (Phi) is 67.2. The van der Waals surface area contributed by atoms with Crippen LogP contribution in [0.5, 0.6) is 0 Å². The van der Waals surface area contributed by atoms with E-state index >= 15 is 0 Å². The summed E-state index contributed by atoms with van der Waals surface area (Å²) in [6.07, 6.45) is 93.2. The van der Waals surface area contributed by atoms with Crippen molar-refractivity contribution >= 4 is 17.9 Å². The van der Waals surface area contributed by atoms with Gasteiger partial charge in [0.25, 0.3) is 0 Å². The first kappa shape index (κ1) is 78.6. The Bertz CT molecular complexity index is 1550. The first-order chi connectivity index (χ1) is 40.5. The molecule has 0 bridgehead atoms. The topological polar surface area (TPSA) is 78.9 Å². The number of hydrogen-bond donors (Lipinski definition) is 0. The molecule has 0 radical (unpaired) electrons. The van der Waals surface area contributed by atoms with Crippen LogP contribution in [0.2, 0.25) is 0 Å². The van der Waals surface area contributed by atoms with E-state index < -0.39 is 6.10 Å². The highest BCUT2D eigenvalue weighted by Gasteiger charge is 2.19. The fraction of sp³-hybridized carbons (Fsp3) is 0.776. The molecule has 0 aliphatic heterocycles. The number of rotatable bonds is 65. The third-order valence-corrected chi connectivity index (χ3v) is 15.6. The highest BCUT2D eigenvalue weighted by molar-refractivity contribution is 5.71. The summed E-state index contributed by atoms with van der Waals surface area (Å²) in [5.74, 6) is -0.883. The Morgan fingerprint density at radius 3 is 0.756 bits per heavy atom. The van der Waals surface area contributed by atoms with Gasteiger partial charge in [0.2, 0.25) is 0 Å². The monoisotopic (exact) mass is 1140 g/mol. The summed E-state index contributed by atoms with van der Waals surface area (Å²) in [6, 6.07) is 0. The second-order valence-corrected chi connectivity index (χ2v) is 23.8. The second-order valence-electron chi connectivity index (χ2n) is 23.8. The molecule has 0 aromatic heterocycles. The van der Waals surface area contributed by atoms with Crippen LogP contribution in [-0.4, -0.2) is 37.2 Å². The predicted molar refractivity (Wildman–Crippen MR) is 358 cm³/mol. The largest absolute Gasteiger partial charge is 0.462 e. The van der Waals surface area contributed by atoms with Crippen LogP contribution >= 0.6 is 0 Å². The molecule has 0 aliphatic carbocycles. The van der Waals surface area contributed by atoms with Crippen molar-refractivity contribution in [2.24, 2.45) is 0 Å². The van der Waals surface area contributed by atoms with Gasteiger partial charge in [-0.05, 0) is 116 Å². The van der Waals surface area contributed by atoms with Gasteiger partial charge in [-0.15, -0.1) is 0 Å².